The van der Waals surface area contributed by atoms with Crippen molar-refractivity contribution in [1.29, 1.82) is 0 Å². The van der Waals surface area contributed by atoms with Crippen LogP contribution in [0, 0.1) is 0 Å². The molecule has 3 rings (SSSR count). The Balaban J connectivity index is 1.92. The summed E-state index contributed by atoms with van der Waals surface area (Å²) >= 11 is 0. The number of hydrogen-bond donors (Lipinski definition) is 3. The fourth-order valence-electron chi connectivity index (χ4n) is 3.55. The molecule has 0 amide bonds. The molecular weight excluding hydrogens is 332 g/mol. The second kappa shape index (κ2) is 7.58. The van der Waals surface area contributed by atoms with Crippen LogP contribution in [0.2, 0.25) is 0 Å². The molecule has 1 unspecified atom stereocenters. The van der Waals surface area contributed by atoms with Gasteiger partial charge in [0.2, 0.25) is 0 Å². The average molecular weight is 354 g/mol. The van der Waals surface area contributed by atoms with E-state index in [0.717, 1.165) is 29.8 Å². The molecule has 6 heteroatoms. The number of unbranched alkanes of at least 4 members (excludes halogenated alkanes) is 2. The topological polar surface area (TPSA) is 104 Å². The number of nitrogens with zero attached hydrogens (tertiary/aromatic N) is 1. The maximum atomic E-state index is 11.7. The van der Waals surface area contributed by atoms with Gasteiger partial charge in [-0.2, -0.15) is 0 Å². The molecule has 0 bridgehead atoms. The summed E-state index contributed by atoms with van der Waals surface area (Å²) in [6, 6.07) is 12.5. The van der Waals surface area contributed by atoms with Gasteiger partial charge in [-0.05, 0) is 36.6 Å². The van der Waals surface area contributed by atoms with Gasteiger partial charge in [0, 0.05) is 29.9 Å². The van der Waals surface area contributed by atoms with Gasteiger partial charge in [-0.1, -0.05) is 30.7 Å². The van der Waals surface area contributed by atoms with Gasteiger partial charge in [0.15, 0.2) is 0 Å². The van der Waals surface area contributed by atoms with E-state index in [1.165, 1.54) is 0 Å². The fraction of sp³-hybridized carbons (Fsp3) is 0.300. The monoisotopic (exact) mass is 354 g/mol. The van der Waals surface area contributed by atoms with Crippen LogP contribution in [-0.2, 0) is 4.79 Å². The second-order valence-electron chi connectivity index (χ2n) is 6.44. The Labute approximate surface area is 151 Å². The van der Waals surface area contributed by atoms with E-state index >= 15 is 0 Å². The van der Waals surface area contributed by atoms with Crippen LogP contribution in [0.4, 0.5) is 11.4 Å². The van der Waals surface area contributed by atoms with Crippen molar-refractivity contribution in [3.8, 4) is 0 Å². The van der Waals surface area contributed by atoms with Crippen molar-refractivity contribution in [2.24, 2.45) is 5.73 Å². The highest BCUT2D eigenvalue weighted by molar-refractivity contribution is 5.94. The maximum absolute atomic E-state index is 11.7. The second-order valence-corrected chi connectivity index (χ2v) is 6.44. The largest absolute Gasteiger partial charge is 0.481 e. The molecule has 26 heavy (non-hydrogen) atoms. The Morgan fingerprint density at radius 3 is 2.42 bits per heavy atom. The normalized spacial score (nSPS) is 15.3. The number of anilines is 2. The SMILES string of the molecule is NC1c2ccccc2N(CCCCCC(=O)O)c2cccc(C(=O)O)c21. The summed E-state index contributed by atoms with van der Waals surface area (Å²) in [5.41, 5.74) is 9.96. The molecule has 2 aromatic rings. The predicted octanol–water partition coefficient (Wildman–Crippen LogP) is 3.53. The Morgan fingerprint density at radius 2 is 1.69 bits per heavy atom. The van der Waals surface area contributed by atoms with Gasteiger partial charge in [-0.15, -0.1) is 0 Å². The zero-order valence-electron chi connectivity index (χ0n) is 14.4. The number of fused-ring (bicyclic) bond motifs is 2. The molecule has 0 aromatic heterocycles. The summed E-state index contributed by atoms with van der Waals surface area (Å²) < 4.78 is 0. The van der Waals surface area contributed by atoms with Crippen LogP contribution in [0.5, 0.6) is 0 Å². The fourth-order valence-corrected chi connectivity index (χ4v) is 3.55. The smallest absolute Gasteiger partial charge is 0.336 e. The van der Waals surface area contributed by atoms with Gasteiger partial charge < -0.3 is 20.8 Å². The minimum absolute atomic E-state index is 0.168. The lowest BCUT2D eigenvalue weighted by Gasteiger charge is -2.37. The number of aliphatic carboxylic acids is 1. The minimum Gasteiger partial charge on any atom is -0.481 e. The molecule has 4 N–H and O–H groups in total. The van der Waals surface area contributed by atoms with Crippen LogP contribution in [0.15, 0.2) is 42.5 Å². The van der Waals surface area contributed by atoms with Crippen molar-refractivity contribution in [3.05, 3.63) is 59.2 Å². The summed E-state index contributed by atoms with van der Waals surface area (Å²) in [6.45, 7) is 0.680. The molecule has 0 aliphatic carbocycles. The molecule has 2 aromatic carbocycles. The molecule has 1 atom stereocenters. The first-order valence-electron chi connectivity index (χ1n) is 8.70. The van der Waals surface area contributed by atoms with Crippen LogP contribution in [-0.4, -0.2) is 28.7 Å². The van der Waals surface area contributed by atoms with Gasteiger partial charge in [-0.25, -0.2) is 4.79 Å². The minimum atomic E-state index is -0.988. The van der Waals surface area contributed by atoms with Crippen molar-refractivity contribution in [1.82, 2.24) is 0 Å². The quantitative estimate of drug-likeness (QED) is 0.657. The van der Waals surface area contributed by atoms with Crippen molar-refractivity contribution in [3.63, 3.8) is 0 Å². The third kappa shape index (κ3) is 3.41. The third-order valence-electron chi connectivity index (χ3n) is 4.75. The highest BCUT2D eigenvalue weighted by Crippen LogP contribution is 2.44. The van der Waals surface area contributed by atoms with Gasteiger partial charge >= 0.3 is 11.9 Å². The Bertz CT molecular complexity index is 834. The van der Waals surface area contributed by atoms with E-state index < -0.39 is 18.0 Å². The number of rotatable bonds is 7. The first kappa shape index (κ1) is 17.9. The van der Waals surface area contributed by atoms with Gasteiger partial charge in [0.05, 0.1) is 11.6 Å². The van der Waals surface area contributed by atoms with Crippen LogP contribution in [0.25, 0.3) is 0 Å². The summed E-state index contributed by atoms with van der Waals surface area (Å²) in [4.78, 5) is 24.4. The summed E-state index contributed by atoms with van der Waals surface area (Å²) in [7, 11) is 0. The first-order chi connectivity index (χ1) is 12.5. The zero-order chi connectivity index (χ0) is 18.7. The summed E-state index contributed by atoms with van der Waals surface area (Å²) in [6.07, 6.45) is 2.41. The van der Waals surface area contributed by atoms with Crippen LogP contribution in [0.1, 0.15) is 53.2 Å². The first-order valence-corrected chi connectivity index (χ1v) is 8.70. The molecule has 0 fully saturated rings. The van der Waals surface area contributed by atoms with E-state index in [1.807, 2.05) is 30.3 Å². The lowest BCUT2D eigenvalue weighted by Crippen LogP contribution is -2.31. The lowest BCUT2D eigenvalue weighted by molar-refractivity contribution is -0.137. The van der Waals surface area contributed by atoms with Crippen molar-refractivity contribution < 1.29 is 19.8 Å². The van der Waals surface area contributed by atoms with E-state index in [4.69, 9.17) is 10.8 Å². The van der Waals surface area contributed by atoms with Crippen LogP contribution < -0.4 is 10.6 Å². The number of nitrogens with two attached hydrogens (primary N) is 1. The molecule has 136 valence electrons. The molecule has 0 radical (unpaired) electrons. The van der Waals surface area contributed by atoms with Gasteiger partial charge in [0.1, 0.15) is 0 Å². The number of para-hydroxylation sites is 1. The van der Waals surface area contributed by atoms with Crippen molar-refractivity contribution in [2.45, 2.75) is 31.7 Å². The van der Waals surface area contributed by atoms with Gasteiger partial charge in [-0.3, -0.25) is 4.79 Å². The molecule has 1 heterocycles. The predicted molar refractivity (Wildman–Crippen MR) is 99.0 cm³/mol. The summed E-state index contributed by atoms with van der Waals surface area (Å²) in [5.74, 6) is -1.77. The Morgan fingerprint density at radius 1 is 0.962 bits per heavy atom. The molecule has 0 spiro atoms. The number of carboxylic acids is 2. The number of aromatic carboxylic acids is 1. The third-order valence-corrected chi connectivity index (χ3v) is 4.75. The number of carbonyl (C=O) groups is 2. The molecule has 6 nitrogen and oxygen atoms in total. The molecule has 1 aliphatic rings. The number of hydrogen-bond acceptors (Lipinski definition) is 4. The highest BCUT2D eigenvalue weighted by Gasteiger charge is 2.31. The summed E-state index contributed by atoms with van der Waals surface area (Å²) in [5, 5.41) is 18.3. The van der Waals surface area contributed by atoms with E-state index in [2.05, 4.69) is 4.90 Å². The van der Waals surface area contributed by atoms with E-state index in [-0.39, 0.29) is 12.0 Å². The molecule has 0 saturated carbocycles. The van der Waals surface area contributed by atoms with E-state index in [1.54, 1.807) is 12.1 Å². The molecule has 0 saturated heterocycles. The van der Waals surface area contributed by atoms with E-state index in [9.17, 15) is 14.7 Å². The van der Waals surface area contributed by atoms with E-state index in [0.29, 0.717) is 18.5 Å². The lowest BCUT2D eigenvalue weighted by atomic mass is 9.87. The Hall–Kier alpha value is -2.86. The van der Waals surface area contributed by atoms with Gasteiger partial charge in [0.25, 0.3) is 0 Å². The highest BCUT2D eigenvalue weighted by atomic mass is 16.4. The van der Waals surface area contributed by atoms with Crippen molar-refractivity contribution in [2.75, 3.05) is 11.4 Å². The molecule has 1 aliphatic heterocycles. The number of benzene rings is 2. The maximum Gasteiger partial charge on any atom is 0.336 e. The standard InChI is InChI=1S/C20H22N2O4/c21-19-13-7-3-4-9-15(13)22(12-5-1-2-11-17(23)24)16-10-6-8-14(18(16)19)20(25)26/h3-4,6-10,19H,1-2,5,11-12,21H2,(H,23,24)(H,25,26). The Kier molecular flexibility index (Phi) is 5.23. The van der Waals surface area contributed by atoms with Crippen LogP contribution in [0.3, 0.4) is 0 Å². The average Bonchev–Trinajstić information content (AvgIpc) is 2.63. The molecular formula is C20H22N2O4. The van der Waals surface area contributed by atoms with Crippen LogP contribution >= 0.6 is 0 Å². The zero-order valence-corrected chi connectivity index (χ0v) is 14.4. The number of carboxylic acid groups (broad SMARTS) is 2. The van der Waals surface area contributed by atoms with Crippen molar-refractivity contribution >= 4 is 23.3 Å².